The second-order valence-electron chi connectivity index (χ2n) is 5.71. The number of anilines is 1. The smallest absolute Gasteiger partial charge is 0.270 e. The topological polar surface area (TPSA) is 79.9 Å². The molecule has 0 bridgehead atoms. The molecule has 2 amide bonds. The third-order valence-electron chi connectivity index (χ3n) is 4.42. The largest absolute Gasteiger partial charge is 0.495 e. The number of carbonyl (C=O) groups excluding carboxylic acids is 2. The molecule has 2 heterocycles. The van der Waals surface area contributed by atoms with Gasteiger partial charge in [0.2, 0.25) is 0 Å². The molecule has 2 aromatic carbocycles. The van der Waals surface area contributed by atoms with E-state index >= 15 is 0 Å². The number of hydrogen-bond acceptors (Lipinski definition) is 5. The minimum atomic E-state index is -0.356. The summed E-state index contributed by atoms with van der Waals surface area (Å²) in [5, 5.41) is 1.48. The van der Waals surface area contributed by atoms with Crippen LogP contribution in [-0.4, -0.2) is 45.2 Å². The van der Waals surface area contributed by atoms with Gasteiger partial charge >= 0.3 is 0 Å². The van der Waals surface area contributed by atoms with E-state index in [0.717, 1.165) is 24.2 Å². The Labute approximate surface area is 138 Å². The number of nitrogens with one attached hydrogen (secondary N) is 2. The van der Waals surface area contributed by atoms with E-state index in [-0.39, 0.29) is 11.8 Å². The van der Waals surface area contributed by atoms with E-state index in [1.807, 2.05) is 12.1 Å². The summed E-state index contributed by atoms with van der Waals surface area (Å²) >= 11 is 0. The maximum atomic E-state index is 12.4. The number of amides is 2. The van der Waals surface area contributed by atoms with Crippen molar-refractivity contribution in [1.82, 2.24) is 10.9 Å². The molecule has 0 aliphatic carbocycles. The third-order valence-corrected chi connectivity index (χ3v) is 4.42. The lowest BCUT2D eigenvalue weighted by Crippen LogP contribution is -2.39. The number of carbonyl (C=O) groups is 2. The summed E-state index contributed by atoms with van der Waals surface area (Å²) in [4.78, 5) is 26.8. The van der Waals surface area contributed by atoms with E-state index in [9.17, 15) is 9.59 Å². The monoisotopic (exact) mass is 327 g/mol. The first-order valence-electron chi connectivity index (χ1n) is 7.78. The summed E-state index contributed by atoms with van der Waals surface area (Å²) < 4.78 is 11.0. The molecule has 2 aromatic rings. The van der Waals surface area contributed by atoms with Gasteiger partial charge in [-0.2, -0.15) is 0 Å². The Kier molecular flexibility index (Phi) is 3.50. The lowest BCUT2D eigenvalue weighted by molar-refractivity contribution is 0.0854. The van der Waals surface area contributed by atoms with Gasteiger partial charge in [0.1, 0.15) is 5.75 Å². The Morgan fingerprint density at radius 2 is 1.79 bits per heavy atom. The fourth-order valence-electron chi connectivity index (χ4n) is 3.33. The first-order chi connectivity index (χ1) is 11.7. The van der Waals surface area contributed by atoms with Crippen LogP contribution in [0, 0.1) is 0 Å². The van der Waals surface area contributed by atoms with Gasteiger partial charge in [0.15, 0.2) is 0 Å². The van der Waals surface area contributed by atoms with Gasteiger partial charge in [-0.1, -0.05) is 12.1 Å². The zero-order valence-corrected chi connectivity index (χ0v) is 13.2. The van der Waals surface area contributed by atoms with Crippen LogP contribution in [0.3, 0.4) is 0 Å². The second kappa shape index (κ2) is 5.68. The average Bonchev–Trinajstić information content (AvgIpc) is 2.75. The van der Waals surface area contributed by atoms with Gasteiger partial charge in [-0.05, 0) is 12.1 Å². The summed E-state index contributed by atoms with van der Waals surface area (Å²) in [6.45, 7) is 2.72. The Bertz CT molecular complexity index is 843. The molecule has 1 saturated heterocycles. The van der Waals surface area contributed by atoms with E-state index in [1.165, 1.54) is 0 Å². The number of hydrogen-bond donors (Lipinski definition) is 2. The third kappa shape index (κ3) is 2.16. The summed E-state index contributed by atoms with van der Waals surface area (Å²) in [6, 6.07) is 7.16. The van der Waals surface area contributed by atoms with Gasteiger partial charge < -0.3 is 14.4 Å². The molecule has 0 radical (unpaired) electrons. The van der Waals surface area contributed by atoms with Gasteiger partial charge in [0.05, 0.1) is 31.6 Å². The van der Waals surface area contributed by atoms with Gasteiger partial charge in [0.25, 0.3) is 11.8 Å². The lowest BCUT2D eigenvalue weighted by atomic mass is 9.96. The summed E-state index contributed by atoms with van der Waals surface area (Å²) in [5.74, 6) is -0.0722. The van der Waals surface area contributed by atoms with E-state index in [2.05, 4.69) is 15.8 Å². The molecule has 7 nitrogen and oxygen atoms in total. The molecule has 2 aliphatic heterocycles. The standard InChI is InChI=1S/C17H17N3O4/c1-23-13-9-12-14-10(15(13)20-5-7-24-8-6-20)3-2-4-11(14)16(21)18-19-17(12)22/h2-4,9H,5-8H2,1H3,(H,18,21)(H,19,22). The van der Waals surface area contributed by atoms with Gasteiger partial charge in [-0.3, -0.25) is 20.4 Å². The molecular weight excluding hydrogens is 310 g/mol. The van der Waals surface area contributed by atoms with Crippen molar-refractivity contribution < 1.29 is 19.1 Å². The van der Waals surface area contributed by atoms with Crippen molar-refractivity contribution in [3.05, 3.63) is 35.4 Å². The highest BCUT2D eigenvalue weighted by atomic mass is 16.5. The van der Waals surface area contributed by atoms with Crippen LogP contribution < -0.4 is 20.5 Å². The number of ether oxygens (including phenoxy) is 2. The minimum absolute atomic E-state index is 0.328. The number of morpholine rings is 1. The second-order valence-corrected chi connectivity index (χ2v) is 5.71. The number of benzene rings is 2. The summed E-state index contributed by atoms with van der Waals surface area (Å²) in [7, 11) is 1.58. The molecule has 7 heteroatoms. The van der Waals surface area contributed by atoms with Crippen LogP contribution in [0.1, 0.15) is 20.7 Å². The molecule has 2 aliphatic rings. The van der Waals surface area contributed by atoms with Crippen LogP contribution in [0.2, 0.25) is 0 Å². The van der Waals surface area contributed by atoms with Crippen molar-refractivity contribution in [2.45, 2.75) is 0 Å². The SMILES string of the molecule is COc1cc2c3c(cccc3c1N1CCOCC1)C(=O)NNC2=O. The van der Waals surface area contributed by atoms with Crippen LogP contribution >= 0.6 is 0 Å². The van der Waals surface area contributed by atoms with Crippen molar-refractivity contribution in [2.75, 3.05) is 38.3 Å². The van der Waals surface area contributed by atoms with Crippen LogP contribution in [0.4, 0.5) is 5.69 Å². The van der Waals surface area contributed by atoms with E-state index in [1.54, 1.807) is 19.2 Å². The van der Waals surface area contributed by atoms with Crippen LogP contribution in [0.25, 0.3) is 10.8 Å². The first kappa shape index (κ1) is 14.8. The molecule has 0 unspecified atom stereocenters. The van der Waals surface area contributed by atoms with E-state index in [0.29, 0.717) is 35.5 Å². The normalized spacial score (nSPS) is 17.3. The Morgan fingerprint density at radius 3 is 2.50 bits per heavy atom. The predicted octanol–water partition coefficient (Wildman–Crippen LogP) is 1.07. The number of nitrogens with zero attached hydrogens (tertiary/aromatic N) is 1. The Hall–Kier alpha value is -2.80. The average molecular weight is 327 g/mol. The fourth-order valence-corrected chi connectivity index (χ4v) is 3.33. The Balaban J connectivity index is 2.06. The van der Waals surface area contributed by atoms with Gasteiger partial charge in [-0.25, -0.2) is 0 Å². The zero-order valence-electron chi connectivity index (χ0n) is 13.2. The molecule has 0 atom stereocenters. The molecule has 0 spiro atoms. The molecule has 1 fully saturated rings. The van der Waals surface area contributed by atoms with Crippen molar-refractivity contribution in [2.24, 2.45) is 0 Å². The molecule has 0 saturated carbocycles. The van der Waals surface area contributed by atoms with Crippen LogP contribution in [-0.2, 0) is 4.74 Å². The van der Waals surface area contributed by atoms with Gasteiger partial charge in [-0.15, -0.1) is 0 Å². The Morgan fingerprint density at radius 1 is 1.08 bits per heavy atom. The number of methoxy groups -OCH3 is 1. The quantitative estimate of drug-likeness (QED) is 0.863. The van der Waals surface area contributed by atoms with Crippen LogP contribution in [0.5, 0.6) is 5.75 Å². The van der Waals surface area contributed by atoms with Crippen molar-refractivity contribution >= 4 is 28.3 Å². The zero-order chi connectivity index (χ0) is 16.7. The van der Waals surface area contributed by atoms with Gasteiger partial charge in [0, 0.05) is 29.4 Å². The van der Waals surface area contributed by atoms with Crippen molar-refractivity contribution in [1.29, 1.82) is 0 Å². The molecule has 124 valence electrons. The number of hydrazine groups is 1. The highest BCUT2D eigenvalue weighted by Gasteiger charge is 2.27. The summed E-state index contributed by atoms with van der Waals surface area (Å²) in [6.07, 6.45) is 0. The lowest BCUT2D eigenvalue weighted by Gasteiger charge is -2.31. The van der Waals surface area contributed by atoms with E-state index < -0.39 is 0 Å². The predicted molar refractivity (Wildman–Crippen MR) is 88.5 cm³/mol. The highest BCUT2D eigenvalue weighted by Crippen LogP contribution is 2.40. The fraction of sp³-hybridized carbons (Fsp3) is 0.294. The summed E-state index contributed by atoms with van der Waals surface area (Å²) in [5.41, 5.74) is 6.64. The minimum Gasteiger partial charge on any atom is -0.495 e. The van der Waals surface area contributed by atoms with Crippen molar-refractivity contribution in [3.8, 4) is 5.75 Å². The van der Waals surface area contributed by atoms with Crippen LogP contribution in [0.15, 0.2) is 24.3 Å². The van der Waals surface area contributed by atoms with E-state index in [4.69, 9.17) is 9.47 Å². The molecule has 0 aromatic heterocycles. The highest BCUT2D eigenvalue weighted by molar-refractivity contribution is 6.21. The molecule has 2 N–H and O–H groups in total. The number of rotatable bonds is 2. The maximum absolute atomic E-state index is 12.4. The van der Waals surface area contributed by atoms with Crippen molar-refractivity contribution in [3.63, 3.8) is 0 Å². The molecule has 24 heavy (non-hydrogen) atoms. The molecule has 4 rings (SSSR count). The molecular formula is C17H17N3O4. The maximum Gasteiger partial charge on any atom is 0.270 e. The first-order valence-corrected chi connectivity index (χ1v) is 7.78.